The van der Waals surface area contributed by atoms with Gasteiger partial charge in [0.05, 0.1) is 35.0 Å². The number of likely N-dealkylation sites (tertiary alicyclic amines) is 2. The van der Waals surface area contributed by atoms with Gasteiger partial charge in [0.15, 0.2) is 0 Å². The molecule has 5 aromatic rings. The zero-order valence-corrected chi connectivity index (χ0v) is 29.9. The first-order valence-corrected chi connectivity index (χ1v) is 18.6. The zero-order valence-electron chi connectivity index (χ0n) is 29.9. The van der Waals surface area contributed by atoms with Crippen LogP contribution >= 0.6 is 0 Å². The molecular weight excluding hydrogens is 624 g/mol. The molecule has 3 aromatic carbocycles. The normalized spacial score (nSPS) is 22.2. The van der Waals surface area contributed by atoms with Crippen LogP contribution in [0.15, 0.2) is 48.7 Å². The van der Waals surface area contributed by atoms with Gasteiger partial charge < -0.3 is 24.5 Å². The summed E-state index contributed by atoms with van der Waals surface area (Å²) in [6.45, 7) is 11.1. The molecule has 0 saturated carbocycles. The number of carbonyl (C=O) groups is 2. The van der Waals surface area contributed by atoms with E-state index in [0.29, 0.717) is 25.4 Å². The van der Waals surface area contributed by atoms with E-state index in [2.05, 4.69) is 92.0 Å². The maximum atomic E-state index is 13.3. The number of H-pyrrole nitrogens is 2. The van der Waals surface area contributed by atoms with Crippen molar-refractivity contribution in [3.8, 4) is 28.1 Å². The number of fused-ring (bicyclic) bond motifs is 6. The molecule has 2 fully saturated rings. The number of rotatable bonds is 8. The van der Waals surface area contributed by atoms with Crippen molar-refractivity contribution in [1.82, 2.24) is 29.7 Å². The average molecular weight is 673 g/mol. The van der Waals surface area contributed by atoms with Crippen molar-refractivity contribution in [2.45, 2.75) is 117 Å². The van der Waals surface area contributed by atoms with Gasteiger partial charge >= 0.3 is 0 Å². The Morgan fingerprint density at radius 3 is 2.42 bits per heavy atom. The lowest BCUT2D eigenvalue weighted by atomic mass is 9.92. The summed E-state index contributed by atoms with van der Waals surface area (Å²) in [5.74, 6) is 3.40. The molecule has 9 nitrogen and oxygen atoms in total. The number of imidazole rings is 2. The molecule has 5 heterocycles. The highest BCUT2D eigenvalue weighted by atomic mass is 16.5. The molecule has 2 saturated heterocycles. The highest BCUT2D eigenvalue weighted by Crippen LogP contribution is 2.44. The van der Waals surface area contributed by atoms with Crippen LogP contribution in [0.25, 0.3) is 44.2 Å². The first-order chi connectivity index (χ1) is 24.2. The third-order valence-electron chi connectivity index (χ3n) is 11.5. The molecule has 0 aliphatic carbocycles. The molecule has 9 heteroatoms. The number of benzene rings is 3. The Hall–Kier alpha value is -4.66. The first-order valence-electron chi connectivity index (χ1n) is 18.6. The van der Waals surface area contributed by atoms with Crippen LogP contribution in [0, 0.1) is 5.92 Å². The van der Waals surface area contributed by atoms with E-state index in [1.54, 1.807) is 0 Å². The van der Waals surface area contributed by atoms with Crippen LogP contribution < -0.4 is 4.74 Å². The van der Waals surface area contributed by atoms with E-state index >= 15 is 0 Å². The number of aromatic amines is 2. The van der Waals surface area contributed by atoms with Crippen molar-refractivity contribution < 1.29 is 14.3 Å². The molecule has 0 spiro atoms. The summed E-state index contributed by atoms with van der Waals surface area (Å²) in [6.07, 6.45) is 8.72. The second-order valence-electron chi connectivity index (χ2n) is 14.9. The number of amides is 2. The van der Waals surface area contributed by atoms with Crippen molar-refractivity contribution in [2.75, 3.05) is 0 Å². The molecular formula is C41H48N6O3. The Morgan fingerprint density at radius 1 is 0.900 bits per heavy atom. The lowest BCUT2D eigenvalue weighted by Gasteiger charge is -2.28. The summed E-state index contributed by atoms with van der Waals surface area (Å²) in [6, 6.07) is 15.5. The lowest BCUT2D eigenvalue weighted by Crippen LogP contribution is -2.36. The lowest BCUT2D eigenvalue weighted by molar-refractivity contribution is -0.135. The standard InChI is InChI=1S/C41H48N6O3/c1-6-8-37(48)46-24(4)10-16-35(46)41-43-32-14-12-26-19-31-29-13-11-27(18-28(29)22-50-36(31)20-30(26)39(32)45-41)33-21-42-40(44-33)34-15-9-25(5)47(34)38(49)17-23(3)7-2/h11-14,18-21,23-25,34-35H,6-10,15-17,22H2,1-5H3,(H,42,44)(H,43,45)/t23-,24-,25-,34-,35-/m0/s1. The van der Waals surface area contributed by atoms with Crippen LogP contribution in [-0.2, 0) is 16.2 Å². The summed E-state index contributed by atoms with van der Waals surface area (Å²) in [7, 11) is 0. The number of ether oxygens (including phenoxy) is 1. The van der Waals surface area contributed by atoms with Gasteiger partial charge in [-0.05, 0) is 98.2 Å². The zero-order chi connectivity index (χ0) is 34.7. The molecule has 2 amide bonds. The first kappa shape index (κ1) is 32.5. The molecule has 0 bridgehead atoms. The molecule has 2 N–H and O–H groups in total. The van der Waals surface area contributed by atoms with Crippen molar-refractivity contribution in [3.05, 3.63) is 65.9 Å². The number of carbonyl (C=O) groups excluding carboxylic acids is 2. The molecule has 2 aromatic heterocycles. The molecule has 8 rings (SSSR count). The number of aromatic nitrogens is 4. The maximum absolute atomic E-state index is 13.3. The average Bonchev–Trinajstić information content (AvgIpc) is 3.92. The van der Waals surface area contributed by atoms with Crippen LogP contribution in [0.5, 0.6) is 5.75 Å². The van der Waals surface area contributed by atoms with Crippen LogP contribution in [0.2, 0.25) is 0 Å². The number of hydrogen-bond donors (Lipinski definition) is 2. The number of nitrogens with one attached hydrogen (secondary N) is 2. The Labute approximate surface area is 293 Å². The van der Waals surface area contributed by atoms with E-state index in [1.165, 1.54) is 0 Å². The fourth-order valence-electron chi connectivity index (χ4n) is 8.52. The maximum Gasteiger partial charge on any atom is 0.223 e. The van der Waals surface area contributed by atoms with Crippen molar-refractivity contribution >= 4 is 33.6 Å². The monoisotopic (exact) mass is 672 g/mol. The minimum atomic E-state index is -0.0230. The third-order valence-corrected chi connectivity index (χ3v) is 11.5. The summed E-state index contributed by atoms with van der Waals surface area (Å²) < 4.78 is 6.41. The summed E-state index contributed by atoms with van der Waals surface area (Å²) >= 11 is 0. The van der Waals surface area contributed by atoms with E-state index in [1.807, 2.05) is 11.1 Å². The topological polar surface area (TPSA) is 107 Å². The molecule has 0 unspecified atom stereocenters. The van der Waals surface area contributed by atoms with Gasteiger partial charge in [-0.3, -0.25) is 9.59 Å². The fraction of sp³-hybridized carbons (Fsp3) is 0.463. The van der Waals surface area contributed by atoms with Crippen LogP contribution in [-0.4, -0.2) is 53.6 Å². The number of hydrogen-bond acceptors (Lipinski definition) is 5. The highest BCUT2D eigenvalue weighted by molar-refractivity contribution is 6.07. The minimum Gasteiger partial charge on any atom is -0.488 e. The predicted octanol–water partition coefficient (Wildman–Crippen LogP) is 9.01. The Kier molecular flexibility index (Phi) is 8.40. The molecule has 260 valence electrons. The van der Waals surface area contributed by atoms with Gasteiger partial charge in [-0.2, -0.15) is 0 Å². The third kappa shape index (κ3) is 5.55. The van der Waals surface area contributed by atoms with Crippen molar-refractivity contribution in [2.24, 2.45) is 5.92 Å². The van der Waals surface area contributed by atoms with Gasteiger partial charge in [0.2, 0.25) is 11.8 Å². The van der Waals surface area contributed by atoms with E-state index in [4.69, 9.17) is 14.7 Å². The molecule has 3 aliphatic rings. The highest BCUT2D eigenvalue weighted by Gasteiger charge is 2.38. The van der Waals surface area contributed by atoms with E-state index in [-0.39, 0.29) is 36.0 Å². The minimum absolute atomic E-state index is 0.0160. The van der Waals surface area contributed by atoms with Gasteiger partial charge in [0, 0.05) is 35.9 Å². The Morgan fingerprint density at radius 2 is 1.66 bits per heavy atom. The van der Waals surface area contributed by atoms with Gasteiger partial charge in [-0.25, -0.2) is 9.97 Å². The van der Waals surface area contributed by atoms with Gasteiger partial charge in [0.1, 0.15) is 24.0 Å². The summed E-state index contributed by atoms with van der Waals surface area (Å²) in [5, 5.41) is 2.15. The van der Waals surface area contributed by atoms with E-state index in [9.17, 15) is 9.59 Å². The predicted molar refractivity (Wildman–Crippen MR) is 196 cm³/mol. The summed E-state index contributed by atoms with van der Waals surface area (Å²) in [4.78, 5) is 47.4. The van der Waals surface area contributed by atoms with Gasteiger partial charge in [0.25, 0.3) is 0 Å². The quantitative estimate of drug-likeness (QED) is 0.171. The van der Waals surface area contributed by atoms with Crippen LogP contribution in [0.3, 0.4) is 0 Å². The van der Waals surface area contributed by atoms with Crippen LogP contribution in [0.4, 0.5) is 0 Å². The largest absolute Gasteiger partial charge is 0.488 e. The van der Waals surface area contributed by atoms with Gasteiger partial charge in [-0.15, -0.1) is 0 Å². The molecule has 5 atom stereocenters. The Bertz CT molecular complexity index is 2100. The Balaban J connectivity index is 1.07. The van der Waals surface area contributed by atoms with Crippen LogP contribution in [0.1, 0.15) is 115 Å². The second-order valence-corrected chi connectivity index (χ2v) is 14.9. The number of nitrogens with zero attached hydrogens (tertiary/aromatic N) is 4. The van der Waals surface area contributed by atoms with Crippen molar-refractivity contribution in [1.29, 1.82) is 0 Å². The SMILES string of the molecule is CCCC(=O)N1[C@@H](C)CC[C@H]1c1nc2c(ccc3cc4c(cc32)OCc2cc(-c3cnc([C@@H]5CC[C@H](C)N5C(=O)C[C@@H](C)CC)[nH]3)ccc2-4)[nH]1. The van der Waals surface area contributed by atoms with Crippen molar-refractivity contribution in [3.63, 3.8) is 0 Å². The second kappa shape index (κ2) is 12.9. The fourth-order valence-corrected chi connectivity index (χ4v) is 8.52. The molecule has 50 heavy (non-hydrogen) atoms. The smallest absolute Gasteiger partial charge is 0.223 e. The van der Waals surface area contributed by atoms with E-state index < -0.39 is 0 Å². The van der Waals surface area contributed by atoms with E-state index in [0.717, 1.165) is 106 Å². The summed E-state index contributed by atoms with van der Waals surface area (Å²) in [5.41, 5.74) is 7.25. The molecule has 0 radical (unpaired) electrons. The molecule has 3 aliphatic heterocycles. The van der Waals surface area contributed by atoms with Gasteiger partial charge in [-0.1, -0.05) is 45.4 Å².